The molecule has 0 radical (unpaired) electrons. The van der Waals surface area contributed by atoms with Crippen LogP contribution >= 0.6 is 0 Å². The van der Waals surface area contributed by atoms with Crippen LogP contribution in [-0.2, 0) is 4.74 Å². The number of halogens is 1. The maximum Gasteiger partial charge on any atom is 0.410 e. The molecule has 0 saturated heterocycles. The molecule has 1 amide bonds. The molecule has 130 valence electrons. The van der Waals surface area contributed by atoms with Gasteiger partial charge in [0.15, 0.2) is 0 Å². The Hall–Kier alpha value is -1.69. The van der Waals surface area contributed by atoms with Gasteiger partial charge in [0.25, 0.3) is 0 Å². The van der Waals surface area contributed by atoms with Gasteiger partial charge in [-0.15, -0.1) is 0 Å². The molecule has 0 bridgehead atoms. The van der Waals surface area contributed by atoms with Crippen molar-refractivity contribution in [2.75, 3.05) is 20.1 Å². The molecule has 0 spiro atoms. The smallest absolute Gasteiger partial charge is 0.410 e. The molecule has 1 N–H and O–H groups in total. The number of carbonyl (C=O) groups excluding carboxylic acids is 1. The van der Waals surface area contributed by atoms with Gasteiger partial charge in [0, 0.05) is 19.6 Å². The molecule has 23 heavy (non-hydrogen) atoms. The molecule has 1 rings (SSSR count). The van der Waals surface area contributed by atoms with Gasteiger partial charge in [-0.2, -0.15) is 0 Å². The van der Waals surface area contributed by atoms with Gasteiger partial charge in [0.2, 0.25) is 0 Å². The fourth-order valence-corrected chi connectivity index (χ4v) is 2.08. The van der Waals surface area contributed by atoms with E-state index >= 15 is 0 Å². The van der Waals surface area contributed by atoms with Crippen molar-refractivity contribution in [1.29, 1.82) is 0 Å². The van der Waals surface area contributed by atoms with E-state index in [1.165, 1.54) is 12.3 Å². The molecule has 1 aromatic rings. The van der Waals surface area contributed by atoms with Crippen molar-refractivity contribution >= 4 is 6.09 Å². The van der Waals surface area contributed by atoms with Crippen molar-refractivity contribution in [2.24, 2.45) is 0 Å². The number of ether oxygens (including phenoxy) is 1. The molecule has 1 aromatic heterocycles. The quantitative estimate of drug-likeness (QED) is 0.779. The minimum Gasteiger partial charge on any atom is -0.444 e. The molecule has 0 aliphatic carbocycles. The highest BCUT2D eigenvalue weighted by Gasteiger charge is 2.19. The molecule has 0 fully saturated rings. The number of amides is 1. The highest BCUT2D eigenvalue weighted by Crippen LogP contribution is 2.14. The van der Waals surface area contributed by atoms with E-state index in [-0.39, 0.29) is 18.0 Å². The summed E-state index contributed by atoms with van der Waals surface area (Å²) in [4.78, 5) is 17.5. The van der Waals surface area contributed by atoms with Crippen molar-refractivity contribution in [3.8, 4) is 0 Å². The lowest BCUT2D eigenvalue weighted by atomic mass is 10.1. The van der Waals surface area contributed by atoms with Crippen LogP contribution in [0.15, 0.2) is 18.3 Å². The molecule has 1 unspecified atom stereocenters. The van der Waals surface area contributed by atoms with Crippen LogP contribution < -0.4 is 5.32 Å². The normalized spacial score (nSPS) is 12.8. The van der Waals surface area contributed by atoms with Crippen molar-refractivity contribution in [3.63, 3.8) is 0 Å². The van der Waals surface area contributed by atoms with Crippen LogP contribution in [0.2, 0.25) is 0 Å². The predicted molar refractivity (Wildman–Crippen MR) is 88.7 cm³/mol. The van der Waals surface area contributed by atoms with Crippen molar-refractivity contribution in [3.05, 3.63) is 29.8 Å². The highest BCUT2D eigenvalue weighted by atomic mass is 19.1. The van der Waals surface area contributed by atoms with Gasteiger partial charge in [-0.3, -0.25) is 4.98 Å². The average Bonchev–Trinajstić information content (AvgIpc) is 2.46. The Morgan fingerprint density at radius 1 is 1.43 bits per heavy atom. The third-order valence-electron chi connectivity index (χ3n) is 3.28. The Bertz CT molecular complexity index is 486. The zero-order valence-electron chi connectivity index (χ0n) is 14.7. The summed E-state index contributed by atoms with van der Waals surface area (Å²) in [5, 5.41) is 3.38. The van der Waals surface area contributed by atoms with E-state index in [1.54, 1.807) is 18.0 Å². The monoisotopic (exact) mass is 325 g/mol. The van der Waals surface area contributed by atoms with Crippen LogP contribution in [0.4, 0.5) is 9.18 Å². The summed E-state index contributed by atoms with van der Waals surface area (Å²) in [6, 6.07) is 3.20. The number of aromatic nitrogens is 1. The molecule has 1 atom stereocenters. The minimum absolute atomic E-state index is 0.0856. The van der Waals surface area contributed by atoms with E-state index in [0.717, 1.165) is 25.1 Å². The number of nitrogens with zero attached hydrogens (tertiary/aromatic N) is 2. The first-order chi connectivity index (χ1) is 10.7. The van der Waals surface area contributed by atoms with Crippen molar-refractivity contribution < 1.29 is 13.9 Å². The van der Waals surface area contributed by atoms with Gasteiger partial charge in [0.05, 0.1) is 11.9 Å². The molecule has 0 aliphatic rings. The first-order valence-electron chi connectivity index (χ1n) is 8.02. The average molecular weight is 325 g/mol. The summed E-state index contributed by atoms with van der Waals surface area (Å²) < 4.78 is 18.2. The SMILES string of the molecule is CCC(NCCCN(C)C(=O)OC(C)(C)C)c1ccc(F)cn1. The summed E-state index contributed by atoms with van der Waals surface area (Å²) >= 11 is 0. The molecular formula is C17H28FN3O2. The van der Waals surface area contributed by atoms with Crippen LogP contribution in [0.5, 0.6) is 0 Å². The first-order valence-corrected chi connectivity index (χ1v) is 8.02. The number of hydrogen-bond acceptors (Lipinski definition) is 4. The molecule has 6 heteroatoms. The summed E-state index contributed by atoms with van der Waals surface area (Å²) in [7, 11) is 1.73. The zero-order chi connectivity index (χ0) is 17.5. The van der Waals surface area contributed by atoms with Crippen LogP contribution in [0, 0.1) is 5.82 Å². The first kappa shape index (κ1) is 19.4. The Balaban J connectivity index is 2.35. The van der Waals surface area contributed by atoms with E-state index in [4.69, 9.17) is 4.74 Å². The number of carbonyl (C=O) groups is 1. The summed E-state index contributed by atoms with van der Waals surface area (Å²) in [6.07, 6.45) is 2.58. The van der Waals surface area contributed by atoms with Crippen molar-refractivity contribution in [2.45, 2.75) is 52.2 Å². The second kappa shape index (κ2) is 8.82. The molecule has 5 nitrogen and oxygen atoms in total. The minimum atomic E-state index is -0.481. The fourth-order valence-electron chi connectivity index (χ4n) is 2.08. The molecule has 0 saturated carbocycles. The second-order valence-corrected chi connectivity index (χ2v) is 6.57. The number of nitrogens with one attached hydrogen (secondary N) is 1. The largest absolute Gasteiger partial charge is 0.444 e. The van der Waals surface area contributed by atoms with Gasteiger partial charge in [-0.1, -0.05) is 6.92 Å². The van der Waals surface area contributed by atoms with E-state index in [2.05, 4.69) is 17.2 Å². The second-order valence-electron chi connectivity index (χ2n) is 6.57. The third kappa shape index (κ3) is 7.41. The predicted octanol–water partition coefficient (Wildman–Crippen LogP) is 3.52. The number of pyridine rings is 1. The van der Waals surface area contributed by atoms with Gasteiger partial charge >= 0.3 is 6.09 Å². The van der Waals surface area contributed by atoms with Gasteiger partial charge < -0.3 is 15.0 Å². The van der Waals surface area contributed by atoms with E-state index in [0.29, 0.717) is 6.54 Å². The molecular weight excluding hydrogens is 297 g/mol. The van der Waals surface area contributed by atoms with E-state index in [9.17, 15) is 9.18 Å². The summed E-state index contributed by atoms with van der Waals surface area (Å²) in [6.45, 7) is 8.95. The van der Waals surface area contributed by atoms with Crippen LogP contribution in [0.25, 0.3) is 0 Å². The fraction of sp³-hybridized carbons (Fsp3) is 0.647. The van der Waals surface area contributed by atoms with E-state index < -0.39 is 5.60 Å². The summed E-state index contributed by atoms with van der Waals surface area (Å²) in [5.41, 5.74) is 0.347. The maximum atomic E-state index is 12.9. The van der Waals surface area contributed by atoms with Gasteiger partial charge in [0.1, 0.15) is 11.4 Å². The lowest BCUT2D eigenvalue weighted by Gasteiger charge is -2.25. The highest BCUT2D eigenvalue weighted by molar-refractivity contribution is 5.67. The zero-order valence-corrected chi connectivity index (χ0v) is 14.7. The Morgan fingerprint density at radius 2 is 2.13 bits per heavy atom. The lowest BCUT2D eigenvalue weighted by Crippen LogP contribution is -2.35. The van der Waals surface area contributed by atoms with Crippen LogP contribution in [-0.4, -0.2) is 41.7 Å². The van der Waals surface area contributed by atoms with E-state index in [1.807, 2.05) is 20.8 Å². The van der Waals surface area contributed by atoms with Crippen LogP contribution in [0.3, 0.4) is 0 Å². The van der Waals surface area contributed by atoms with Gasteiger partial charge in [-0.25, -0.2) is 9.18 Å². The Labute approximate surface area is 138 Å². The Kier molecular flexibility index (Phi) is 7.42. The summed E-state index contributed by atoms with van der Waals surface area (Å²) in [5.74, 6) is -0.331. The van der Waals surface area contributed by atoms with Crippen molar-refractivity contribution in [1.82, 2.24) is 15.2 Å². The topological polar surface area (TPSA) is 54.5 Å². The Morgan fingerprint density at radius 3 is 2.65 bits per heavy atom. The maximum absolute atomic E-state index is 12.9. The molecule has 0 aromatic carbocycles. The molecule has 1 heterocycles. The standard InChI is InChI=1S/C17H28FN3O2/c1-6-14(15-9-8-13(18)12-20-15)19-10-7-11-21(5)16(22)23-17(2,3)4/h8-9,12,14,19H,6-7,10-11H2,1-5H3. The number of hydrogen-bond donors (Lipinski definition) is 1. The lowest BCUT2D eigenvalue weighted by molar-refractivity contribution is 0.0297. The molecule has 0 aliphatic heterocycles. The van der Waals surface area contributed by atoms with Gasteiger partial charge in [-0.05, 0) is 52.3 Å². The van der Waals surface area contributed by atoms with Crippen LogP contribution in [0.1, 0.15) is 52.3 Å². The number of rotatable bonds is 7. The third-order valence-corrected chi connectivity index (χ3v) is 3.28.